The van der Waals surface area contributed by atoms with Gasteiger partial charge in [-0.25, -0.2) is 0 Å². The Bertz CT molecular complexity index is 850. The quantitative estimate of drug-likeness (QED) is 0.796. The lowest BCUT2D eigenvalue weighted by molar-refractivity contribution is -0.122. The van der Waals surface area contributed by atoms with Crippen LogP contribution < -0.4 is 10.2 Å². The monoisotopic (exact) mass is 400 g/mol. The third kappa shape index (κ3) is 3.79. The fraction of sp³-hybridized carbons (Fsp3) is 0.211. The molecule has 2 aromatic rings. The van der Waals surface area contributed by atoms with Gasteiger partial charge in [-0.15, -0.1) is 0 Å². The van der Waals surface area contributed by atoms with Gasteiger partial charge in [-0.2, -0.15) is 0 Å². The standard InChI is InChI=1S/C19H17BrN2O3/c1-12(23)16-7-2-3-8-17(16)21-19(25)13-9-18(24)22(11-13)15-6-4-5-14(20)10-15/h2-8,10,13H,9,11H2,1H3,(H,21,25). The Balaban J connectivity index is 1.74. The van der Waals surface area contributed by atoms with Crippen molar-refractivity contribution >= 4 is 44.9 Å². The Morgan fingerprint density at radius 3 is 2.64 bits per heavy atom. The first-order valence-electron chi connectivity index (χ1n) is 7.92. The number of para-hydroxylation sites is 1. The minimum absolute atomic E-state index is 0.0851. The lowest BCUT2D eigenvalue weighted by atomic mass is 10.1. The molecule has 25 heavy (non-hydrogen) atoms. The molecule has 1 fully saturated rings. The molecule has 1 unspecified atom stereocenters. The van der Waals surface area contributed by atoms with Crippen molar-refractivity contribution in [2.24, 2.45) is 5.92 Å². The molecular formula is C19H17BrN2O3. The number of hydrogen-bond acceptors (Lipinski definition) is 3. The Labute approximate surface area is 154 Å². The third-order valence-electron chi connectivity index (χ3n) is 4.18. The van der Waals surface area contributed by atoms with E-state index in [4.69, 9.17) is 0 Å². The van der Waals surface area contributed by atoms with Gasteiger partial charge in [0, 0.05) is 28.7 Å². The number of ketones is 1. The lowest BCUT2D eigenvalue weighted by Gasteiger charge is -2.17. The molecule has 1 heterocycles. The molecule has 0 saturated carbocycles. The second-order valence-corrected chi connectivity index (χ2v) is 6.89. The molecule has 0 bridgehead atoms. The van der Waals surface area contributed by atoms with E-state index in [2.05, 4.69) is 21.2 Å². The highest BCUT2D eigenvalue weighted by atomic mass is 79.9. The van der Waals surface area contributed by atoms with Crippen molar-refractivity contribution in [3.05, 3.63) is 58.6 Å². The van der Waals surface area contributed by atoms with Crippen LogP contribution in [0.3, 0.4) is 0 Å². The number of nitrogens with zero attached hydrogens (tertiary/aromatic N) is 1. The van der Waals surface area contributed by atoms with Gasteiger partial charge in [-0.05, 0) is 37.3 Å². The number of carbonyl (C=O) groups is 3. The molecule has 3 rings (SSSR count). The van der Waals surface area contributed by atoms with Crippen molar-refractivity contribution < 1.29 is 14.4 Å². The van der Waals surface area contributed by atoms with Gasteiger partial charge in [0.1, 0.15) is 0 Å². The predicted octanol–water partition coefficient (Wildman–Crippen LogP) is 3.64. The van der Waals surface area contributed by atoms with Crippen molar-refractivity contribution in [2.75, 3.05) is 16.8 Å². The Kier molecular flexibility index (Phi) is 4.99. The number of benzene rings is 2. The zero-order valence-electron chi connectivity index (χ0n) is 13.7. The number of halogens is 1. The summed E-state index contributed by atoms with van der Waals surface area (Å²) in [4.78, 5) is 38.2. The first kappa shape index (κ1) is 17.4. The summed E-state index contributed by atoms with van der Waals surface area (Å²) in [7, 11) is 0. The molecule has 1 atom stereocenters. The summed E-state index contributed by atoms with van der Waals surface area (Å²) < 4.78 is 0.876. The minimum atomic E-state index is -0.452. The summed E-state index contributed by atoms with van der Waals surface area (Å²) in [5.41, 5.74) is 1.70. The summed E-state index contributed by atoms with van der Waals surface area (Å²) >= 11 is 3.39. The topological polar surface area (TPSA) is 66.5 Å². The van der Waals surface area contributed by atoms with Crippen LogP contribution in [0.1, 0.15) is 23.7 Å². The smallest absolute Gasteiger partial charge is 0.229 e. The third-order valence-corrected chi connectivity index (χ3v) is 4.67. The van der Waals surface area contributed by atoms with Gasteiger partial charge >= 0.3 is 0 Å². The fourth-order valence-corrected chi connectivity index (χ4v) is 3.30. The minimum Gasteiger partial charge on any atom is -0.325 e. The first-order chi connectivity index (χ1) is 12.0. The maximum Gasteiger partial charge on any atom is 0.229 e. The van der Waals surface area contributed by atoms with E-state index in [1.54, 1.807) is 29.2 Å². The van der Waals surface area contributed by atoms with Crippen molar-refractivity contribution in [1.29, 1.82) is 0 Å². The maximum absolute atomic E-state index is 12.6. The van der Waals surface area contributed by atoms with Crippen LogP contribution in [0, 0.1) is 5.92 Å². The van der Waals surface area contributed by atoms with Gasteiger partial charge in [-0.1, -0.05) is 34.1 Å². The summed E-state index contributed by atoms with van der Waals surface area (Å²) in [6.07, 6.45) is 0.153. The van der Waals surface area contributed by atoms with Crippen LogP contribution in [0.15, 0.2) is 53.0 Å². The number of carbonyl (C=O) groups excluding carboxylic acids is 3. The number of rotatable bonds is 4. The molecule has 1 saturated heterocycles. The van der Waals surface area contributed by atoms with Crippen LogP contribution >= 0.6 is 15.9 Å². The molecule has 0 aromatic heterocycles. The van der Waals surface area contributed by atoms with E-state index in [1.165, 1.54) is 6.92 Å². The Hall–Kier alpha value is -2.47. The van der Waals surface area contributed by atoms with Crippen LogP contribution in [-0.2, 0) is 9.59 Å². The molecule has 128 valence electrons. The highest BCUT2D eigenvalue weighted by Gasteiger charge is 2.35. The fourth-order valence-electron chi connectivity index (χ4n) is 2.91. The number of anilines is 2. The van der Waals surface area contributed by atoms with Crippen LogP contribution in [0.25, 0.3) is 0 Å². The summed E-state index contributed by atoms with van der Waals surface area (Å²) in [6, 6.07) is 14.3. The Morgan fingerprint density at radius 2 is 1.92 bits per heavy atom. The molecule has 0 radical (unpaired) electrons. The van der Waals surface area contributed by atoms with Gasteiger partial charge < -0.3 is 10.2 Å². The normalized spacial score (nSPS) is 16.8. The maximum atomic E-state index is 12.6. The number of hydrogen-bond donors (Lipinski definition) is 1. The van der Waals surface area contributed by atoms with E-state index in [1.807, 2.05) is 24.3 Å². The van der Waals surface area contributed by atoms with Crippen molar-refractivity contribution in [3.63, 3.8) is 0 Å². The summed E-state index contributed by atoms with van der Waals surface area (Å²) in [6.45, 7) is 1.78. The zero-order valence-corrected chi connectivity index (χ0v) is 15.2. The van der Waals surface area contributed by atoms with Crippen LogP contribution in [0.4, 0.5) is 11.4 Å². The molecule has 1 aliphatic rings. The van der Waals surface area contributed by atoms with Crippen molar-refractivity contribution in [1.82, 2.24) is 0 Å². The summed E-state index contributed by atoms with van der Waals surface area (Å²) in [5.74, 6) is -0.904. The molecule has 1 N–H and O–H groups in total. The van der Waals surface area contributed by atoms with E-state index in [0.29, 0.717) is 17.8 Å². The second-order valence-electron chi connectivity index (χ2n) is 5.98. The highest BCUT2D eigenvalue weighted by Crippen LogP contribution is 2.28. The molecule has 0 spiro atoms. The number of Topliss-reactive ketones (excluding diaryl/α,β-unsaturated/α-hetero) is 1. The van der Waals surface area contributed by atoms with Gasteiger partial charge in [0.05, 0.1) is 11.6 Å². The van der Waals surface area contributed by atoms with Gasteiger partial charge in [-0.3, -0.25) is 14.4 Å². The van der Waals surface area contributed by atoms with Gasteiger partial charge in [0.15, 0.2) is 5.78 Å². The van der Waals surface area contributed by atoms with Crippen LogP contribution in [-0.4, -0.2) is 24.1 Å². The number of nitrogens with one attached hydrogen (secondary N) is 1. The largest absolute Gasteiger partial charge is 0.325 e. The molecule has 1 aliphatic heterocycles. The average Bonchev–Trinajstić information content (AvgIpc) is 2.97. The van der Waals surface area contributed by atoms with E-state index < -0.39 is 5.92 Å². The van der Waals surface area contributed by atoms with Crippen LogP contribution in [0.2, 0.25) is 0 Å². The molecule has 5 nitrogen and oxygen atoms in total. The van der Waals surface area contributed by atoms with Crippen molar-refractivity contribution in [3.8, 4) is 0 Å². The second kappa shape index (κ2) is 7.19. The zero-order chi connectivity index (χ0) is 18.0. The molecule has 6 heteroatoms. The van der Waals surface area contributed by atoms with Crippen LogP contribution in [0.5, 0.6) is 0 Å². The van der Waals surface area contributed by atoms with E-state index in [9.17, 15) is 14.4 Å². The predicted molar refractivity (Wildman–Crippen MR) is 99.7 cm³/mol. The molecule has 2 aromatic carbocycles. The number of amides is 2. The molecule has 2 amide bonds. The van der Waals surface area contributed by atoms with E-state index in [0.717, 1.165) is 10.2 Å². The summed E-state index contributed by atoms with van der Waals surface area (Å²) in [5, 5.41) is 2.79. The molecular weight excluding hydrogens is 384 g/mol. The average molecular weight is 401 g/mol. The van der Waals surface area contributed by atoms with Crippen molar-refractivity contribution in [2.45, 2.75) is 13.3 Å². The molecule has 0 aliphatic carbocycles. The Morgan fingerprint density at radius 1 is 1.16 bits per heavy atom. The van der Waals surface area contributed by atoms with Gasteiger partial charge in [0.25, 0.3) is 0 Å². The SMILES string of the molecule is CC(=O)c1ccccc1NC(=O)C1CC(=O)N(c2cccc(Br)c2)C1. The first-order valence-corrected chi connectivity index (χ1v) is 8.72. The van der Waals surface area contributed by atoms with E-state index in [-0.39, 0.29) is 24.0 Å². The lowest BCUT2D eigenvalue weighted by Crippen LogP contribution is -2.28. The van der Waals surface area contributed by atoms with Gasteiger partial charge in [0.2, 0.25) is 11.8 Å². The highest BCUT2D eigenvalue weighted by molar-refractivity contribution is 9.10. The van der Waals surface area contributed by atoms with E-state index >= 15 is 0 Å².